The fourth-order valence-corrected chi connectivity index (χ4v) is 4.76. The van der Waals surface area contributed by atoms with Gasteiger partial charge in [0, 0.05) is 25.4 Å². The van der Waals surface area contributed by atoms with E-state index in [2.05, 4.69) is 36.6 Å². The third-order valence-corrected chi connectivity index (χ3v) is 6.45. The van der Waals surface area contributed by atoms with Crippen molar-refractivity contribution in [3.05, 3.63) is 95.1 Å². The zero-order chi connectivity index (χ0) is 23.7. The molecule has 0 bridgehead atoms. The number of imidazole rings is 1. The van der Waals surface area contributed by atoms with Crippen LogP contribution in [0.15, 0.2) is 66.7 Å². The number of hydrogen-bond donors (Lipinski definition) is 0. The lowest BCUT2D eigenvalue weighted by molar-refractivity contribution is -0.128. The second-order valence-electron chi connectivity index (χ2n) is 9.03. The Bertz CT molecular complexity index is 1330. The predicted molar refractivity (Wildman–Crippen MR) is 130 cm³/mol. The number of hydrogen-bond acceptors (Lipinski definition) is 3. The van der Waals surface area contributed by atoms with E-state index in [-0.39, 0.29) is 17.6 Å². The minimum atomic E-state index is -0.272. The summed E-state index contributed by atoms with van der Waals surface area (Å²) in [4.78, 5) is 19.6. The molecule has 1 fully saturated rings. The molecule has 5 rings (SSSR count). The third kappa shape index (κ3) is 4.53. The molecule has 1 saturated heterocycles. The molecule has 0 radical (unpaired) electrons. The van der Waals surface area contributed by atoms with Crippen LogP contribution >= 0.6 is 0 Å². The summed E-state index contributed by atoms with van der Waals surface area (Å²) >= 11 is 0. The van der Waals surface area contributed by atoms with Crippen molar-refractivity contribution in [2.24, 2.45) is 0 Å². The molecule has 0 N–H and O–H groups in total. The van der Waals surface area contributed by atoms with Gasteiger partial charge in [0.25, 0.3) is 0 Å². The van der Waals surface area contributed by atoms with E-state index in [1.54, 1.807) is 12.1 Å². The summed E-state index contributed by atoms with van der Waals surface area (Å²) in [5.74, 6) is 1.63. The van der Waals surface area contributed by atoms with Crippen molar-refractivity contribution in [1.29, 1.82) is 0 Å². The van der Waals surface area contributed by atoms with Gasteiger partial charge in [0.05, 0.1) is 17.6 Å². The van der Waals surface area contributed by atoms with Gasteiger partial charge in [-0.05, 0) is 55.3 Å². The number of amides is 1. The SMILES string of the molecule is Cc1ccc(OCCn2c([C@@H]3CC(=O)N(Cc4ccc(F)cc4)C3)nc3ccccc32)c(C)c1. The number of carbonyl (C=O) groups is 1. The average Bonchev–Trinajstić information content (AvgIpc) is 3.37. The number of aryl methyl sites for hydroxylation is 2. The largest absolute Gasteiger partial charge is 0.491 e. The van der Waals surface area contributed by atoms with Crippen LogP contribution in [-0.2, 0) is 17.9 Å². The first kappa shape index (κ1) is 22.1. The fourth-order valence-electron chi connectivity index (χ4n) is 4.76. The molecule has 0 spiro atoms. The van der Waals surface area contributed by atoms with Gasteiger partial charge in [0.1, 0.15) is 24.0 Å². The number of halogens is 1. The lowest BCUT2D eigenvalue weighted by Gasteiger charge is -2.18. The van der Waals surface area contributed by atoms with Gasteiger partial charge in [-0.2, -0.15) is 0 Å². The van der Waals surface area contributed by atoms with Gasteiger partial charge in [0.2, 0.25) is 5.91 Å². The predicted octanol–water partition coefficient (Wildman–Crippen LogP) is 5.39. The number of likely N-dealkylation sites (tertiary alicyclic amines) is 1. The number of ether oxygens (including phenoxy) is 1. The monoisotopic (exact) mass is 457 g/mol. The zero-order valence-corrected chi connectivity index (χ0v) is 19.5. The zero-order valence-electron chi connectivity index (χ0n) is 19.5. The Morgan fingerprint density at radius 1 is 1.06 bits per heavy atom. The normalized spacial score (nSPS) is 15.9. The van der Waals surface area contributed by atoms with Crippen LogP contribution in [-0.4, -0.2) is 33.5 Å². The van der Waals surface area contributed by atoms with Gasteiger partial charge in [-0.3, -0.25) is 4.79 Å². The number of carbonyl (C=O) groups excluding carboxylic acids is 1. The maximum Gasteiger partial charge on any atom is 0.223 e. The average molecular weight is 458 g/mol. The van der Waals surface area contributed by atoms with Crippen molar-refractivity contribution in [1.82, 2.24) is 14.5 Å². The quantitative estimate of drug-likeness (QED) is 0.374. The van der Waals surface area contributed by atoms with Gasteiger partial charge in [0.15, 0.2) is 0 Å². The van der Waals surface area contributed by atoms with Gasteiger partial charge in [-0.25, -0.2) is 9.37 Å². The van der Waals surface area contributed by atoms with Crippen molar-refractivity contribution >= 4 is 16.9 Å². The van der Waals surface area contributed by atoms with Crippen LogP contribution in [0.2, 0.25) is 0 Å². The van der Waals surface area contributed by atoms with Crippen molar-refractivity contribution < 1.29 is 13.9 Å². The van der Waals surface area contributed by atoms with Gasteiger partial charge in [-0.1, -0.05) is 42.0 Å². The maximum atomic E-state index is 13.3. The summed E-state index contributed by atoms with van der Waals surface area (Å²) in [7, 11) is 0. The number of aromatic nitrogens is 2. The number of nitrogens with zero attached hydrogens (tertiary/aromatic N) is 3. The standard InChI is InChI=1S/C28H28FN3O2/c1-19-7-12-26(20(2)15-19)34-14-13-32-25-6-4-3-5-24(25)30-28(32)22-16-27(33)31(18-22)17-21-8-10-23(29)11-9-21/h3-12,15,22H,13-14,16-18H2,1-2H3/t22-/m1/s1. The van der Waals surface area contributed by atoms with Crippen molar-refractivity contribution in [3.8, 4) is 5.75 Å². The molecule has 1 aliphatic heterocycles. The van der Waals surface area contributed by atoms with E-state index in [1.165, 1.54) is 17.7 Å². The first-order valence-corrected chi connectivity index (χ1v) is 11.7. The van der Waals surface area contributed by atoms with E-state index in [4.69, 9.17) is 9.72 Å². The molecule has 5 nitrogen and oxygen atoms in total. The summed E-state index contributed by atoms with van der Waals surface area (Å²) in [6.45, 7) is 6.36. The van der Waals surface area contributed by atoms with Crippen LogP contribution in [0.5, 0.6) is 5.75 Å². The van der Waals surface area contributed by atoms with Crippen molar-refractivity contribution in [2.75, 3.05) is 13.2 Å². The Balaban J connectivity index is 1.35. The van der Waals surface area contributed by atoms with E-state index in [1.807, 2.05) is 29.2 Å². The van der Waals surface area contributed by atoms with Gasteiger partial charge in [-0.15, -0.1) is 0 Å². The molecule has 1 amide bonds. The second kappa shape index (κ2) is 9.29. The van der Waals surface area contributed by atoms with E-state index in [0.29, 0.717) is 32.7 Å². The minimum absolute atomic E-state index is 0.00135. The Hall–Kier alpha value is -3.67. The number of rotatable bonds is 7. The van der Waals surface area contributed by atoms with Gasteiger partial charge >= 0.3 is 0 Å². The van der Waals surface area contributed by atoms with Crippen LogP contribution in [0.4, 0.5) is 4.39 Å². The molecule has 1 atom stereocenters. The van der Waals surface area contributed by atoms with Crippen LogP contribution in [0.25, 0.3) is 11.0 Å². The van der Waals surface area contributed by atoms with Crippen molar-refractivity contribution in [2.45, 2.75) is 39.3 Å². The highest BCUT2D eigenvalue weighted by atomic mass is 19.1. The van der Waals surface area contributed by atoms with Crippen LogP contribution in [0, 0.1) is 19.7 Å². The number of para-hydroxylation sites is 2. The van der Waals surface area contributed by atoms with Crippen LogP contribution in [0.1, 0.15) is 34.9 Å². The molecule has 0 saturated carbocycles. The molecular weight excluding hydrogens is 429 g/mol. The molecular formula is C28H28FN3O2. The topological polar surface area (TPSA) is 47.4 Å². The van der Waals surface area contributed by atoms with Crippen LogP contribution < -0.4 is 4.74 Å². The summed E-state index contributed by atoms with van der Waals surface area (Å²) in [6.07, 6.45) is 0.419. The molecule has 2 heterocycles. The first-order valence-electron chi connectivity index (χ1n) is 11.7. The summed E-state index contributed by atoms with van der Waals surface area (Å²) in [6, 6.07) is 20.6. The fraction of sp³-hybridized carbons (Fsp3) is 0.286. The number of benzene rings is 3. The molecule has 4 aromatic rings. The van der Waals surface area contributed by atoms with Crippen LogP contribution in [0.3, 0.4) is 0 Å². The minimum Gasteiger partial charge on any atom is -0.491 e. The van der Waals surface area contributed by atoms with E-state index < -0.39 is 0 Å². The molecule has 3 aromatic carbocycles. The van der Waals surface area contributed by atoms with E-state index in [9.17, 15) is 9.18 Å². The van der Waals surface area contributed by atoms with E-state index >= 15 is 0 Å². The van der Waals surface area contributed by atoms with Gasteiger partial charge < -0.3 is 14.2 Å². The molecule has 1 aliphatic rings. The lowest BCUT2D eigenvalue weighted by atomic mass is 10.1. The highest BCUT2D eigenvalue weighted by molar-refractivity contribution is 5.81. The molecule has 34 heavy (non-hydrogen) atoms. The molecule has 174 valence electrons. The molecule has 0 unspecified atom stereocenters. The molecule has 6 heteroatoms. The summed E-state index contributed by atoms with van der Waals surface area (Å²) < 4.78 is 21.6. The highest BCUT2D eigenvalue weighted by Crippen LogP contribution is 2.31. The Kier molecular flexibility index (Phi) is 6.05. The molecule has 1 aromatic heterocycles. The maximum absolute atomic E-state index is 13.3. The molecule has 0 aliphatic carbocycles. The summed E-state index contributed by atoms with van der Waals surface area (Å²) in [5.41, 5.74) is 5.22. The lowest BCUT2D eigenvalue weighted by Crippen LogP contribution is -2.24. The van der Waals surface area contributed by atoms with Crippen molar-refractivity contribution in [3.63, 3.8) is 0 Å². The third-order valence-electron chi connectivity index (χ3n) is 6.45. The smallest absolute Gasteiger partial charge is 0.223 e. The first-order chi connectivity index (χ1) is 16.5. The van der Waals surface area contributed by atoms with E-state index in [0.717, 1.165) is 33.7 Å². The Morgan fingerprint density at radius 2 is 1.85 bits per heavy atom. The Morgan fingerprint density at radius 3 is 2.65 bits per heavy atom. The Labute approximate surface area is 198 Å². The number of fused-ring (bicyclic) bond motifs is 1. The summed E-state index contributed by atoms with van der Waals surface area (Å²) in [5, 5.41) is 0. The highest BCUT2D eigenvalue weighted by Gasteiger charge is 2.34. The second-order valence-corrected chi connectivity index (χ2v) is 9.03.